The lowest BCUT2D eigenvalue weighted by Gasteiger charge is -2.12. The smallest absolute Gasteiger partial charge is 0.305 e. The Kier molecular flexibility index (Phi) is 32.0. The number of rotatable bonds is 31. The van der Waals surface area contributed by atoms with Crippen LogP contribution in [0.4, 0.5) is 0 Å². The zero-order chi connectivity index (χ0) is 32.4. The summed E-state index contributed by atoms with van der Waals surface area (Å²) in [5.74, 6) is -0.647. The summed E-state index contributed by atoms with van der Waals surface area (Å²) in [5, 5.41) is 19.2. The van der Waals surface area contributed by atoms with E-state index in [-0.39, 0.29) is 31.3 Å². The molecular weight excluding hydrogens is 552 g/mol. The first-order valence-corrected chi connectivity index (χ1v) is 17.7. The van der Waals surface area contributed by atoms with Crippen LogP contribution in [0, 0.1) is 0 Å². The highest BCUT2D eigenvalue weighted by molar-refractivity contribution is 5.69. The minimum Gasteiger partial charge on any atom is -0.463 e. The average molecular weight is 619 g/mol. The molecule has 0 spiro atoms. The van der Waals surface area contributed by atoms with Crippen LogP contribution in [0.3, 0.4) is 0 Å². The van der Waals surface area contributed by atoms with Gasteiger partial charge in [0.25, 0.3) is 0 Å². The molecule has 44 heavy (non-hydrogen) atoms. The maximum atomic E-state index is 11.9. The van der Waals surface area contributed by atoms with E-state index in [0.29, 0.717) is 19.3 Å². The van der Waals surface area contributed by atoms with Crippen LogP contribution in [-0.2, 0) is 19.1 Å². The Morgan fingerprint density at radius 2 is 0.932 bits per heavy atom. The van der Waals surface area contributed by atoms with Crippen molar-refractivity contribution in [3.05, 3.63) is 48.6 Å². The number of esters is 2. The fourth-order valence-electron chi connectivity index (χ4n) is 4.63. The molecule has 0 unspecified atom stereocenters. The van der Waals surface area contributed by atoms with E-state index in [9.17, 15) is 19.8 Å². The van der Waals surface area contributed by atoms with Crippen molar-refractivity contribution >= 4 is 11.9 Å². The number of carbonyl (C=O) groups is 2. The summed E-state index contributed by atoms with van der Waals surface area (Å²) in [6.45, 7) is 3.78. The maximum Gasteiger partial charge on any atom is 0.305 e. The van der Waals surface area contributed by atoms with Crippen LogP contribution < -0.4 is 0 Å². The number of allylic oxidation sites excluding steroid dienone is 8. The van der Waals surface area contributed by atoms with Gasteiger partial charge in [0.1, 0.15) is 19.3 Å². The zero-order valence-corrected chi connectivity index (χ0v) is 28.3. The lowest BCUT2D eigenvalue weighted by molar-refractivity contribution is -0.152. The van der Waals surface area contributed by atoms with Crippen LogP contribution in [0.2, 0.25) is 0 Å². The number of unbranched alkanes of at least 4 members (excludes halogenated alkanes) is 13. The van der Waals surface area contributed by atoms with Gasteiger partial charge >= 0.3 is 11.9 Å². The molecule has 0 fully saturated rings. The molecule has 0 aromatic heterocycles. The fraction of sp³-hybridized carbons (Fsp3) is 0.737. The Morgan fingerprint density at radius 3 is 1.39 bits per heavy atom. The van der Waals surface area contributed by atoms with Gasteiger partial charge in [0.2, 0.25) is 0 Å². The van der Waals surface area contributed by atoms with Crippen LogP contribution in [0.5, 0.6) is 0 Å². The van der Waals surface area contributed by atoms with Crippen molar-refractivity contribution in [2.75, 3.05) is 13.2 Å². The van der Waals surface area contributed by atoms with Gasteiger partial charge in [-0.3, -0.25) is 9.59 Å². The second-order valence-electron chi connectivity index (χ2n) is 11.9. The Labute approximate surface area is 270 Å². The molecule has 0 saturated carbocycles. The quantitative estimate of drug-likeness (QED) is 0.0456. The van der Waals surface area contributed by atoms with E-state index < -0.39 is 6.10 Å². The van der Waals surface area contributed by atoms with Crippen LogP contribution in [0.25, 0.3) is 0 Å². The van der Waals surface area contributed by atoms with Crippen molar-refractivity contribution in [2.24, 2.45) is 0 Å². The van der Waals surface area contributed by atoms with Gasteiger partial charge in [-0.25, -0.2) is 0 Å². The average Bonchev–Trinajstić information content (AvgIpc) is 3.00. The van der Waals surface area contributed by atoms with Gasteiger partial charge in [-0.1, -0.05) is 126 Å². The highest BCUT2D eigenvalue weighted by atomic mass is 16.6. The second kappa shape index (κ2) is 33.7. The van der Waals surface area contributed by atoms with Gasteiger partial charge < -0.3 is 19.7 Å². The molecule has 2 atom stereocenters. The van der Waals surface area contributed by atoms with E-state index in [1.54, 1.807) is 0 Å². The predicted octanol–water partition coefficient (Wildman–Crippen LogP) is 9.64. The Hall–Kier alpha value is -2.18. The van der Waals surface area contributed by atoms with E-state index in [0.717, 1.165) is 64.2 Å². The summed E-state index contributed by atoms with van der Waals surface area (Å²) in [7, 11) is 0. The van der Waals surface area contributed by atoms with Gasteiger partial charge in [0.15, 0.2) is 0 Å². The summed E-state index contributed by atoms with van der Waals surface area (Å²) < 4.78 is 10.2. The third-order valence-corrected chi connectivity index (χ3v) is 7.34. The molecule has 6 heteroatoms. The number of aliphatic hydroxyl groups excluding tert-OH is 2. The molecule has 0 bridgehead atoms. The van der Waals surface area contributed by atoms with Crippen molar-refractivity contribution in [1.29, 1.82) is 0 Å². The van der Waals surface area contributed by atoms with Crippen LogP contribution >= 0.6 is 0 Å². The van der Waals surface area contributed by atoms with E-state index in [2.05, 4.69) is 55.5 Å². The normalized spacial score (nSPS) is 13.5. The molecule has 0 heterocycles. The standard InChI is InChI=1S/C38H66O6/c1-3-4-5-6-7-8-9-16-19-22-25-28-31-37(41)43-33-36(40)34-44-38(42)32-29-26-23-20-17-14-12-10-11-13-15-18-21-24-27-30-35(2)39/h11-14,18,20-21,23,35-36,39-40H,3-10,15-17,19,22,24-34H2,1-2H3/b13-11-,14-12-,21-18-,23-20-/t35-,36-/m1/s1. The van der Waals surface area contributed by atoms with E-state index >= 15 is 0 Å². The van der Waals surface area contributed by atoms with Crippen LogP contribution in [0.1, 0.15) is 155 Å². The van der Waals surface area contributed by atoms with Crippen molar-refractivity contribution in [1.82, 2.24) is 0 Å². The minimum atomic E-state index is -0.991. The predicted molar refractivity (Wildman–Crippen MR) is 183 cm³/mol. The molecule has 0 aromatic carbocycles. The van der Waals surface area contributed by atoms with Crippen molar-refractivity contribution in [3.63, 3.8) is 0 Å². The SMILES string of the molecule is CCCCCCCCCCCCCCC(=O)OC[C@@H](O)COC(=O)CCC/C=C\C/C=C\C/C=C\C/C=C\CCC[C@@H](C)O. The zero-order valence-electron chi connectivity index (χ0n) is 28.3. The lowest BCUT2D eigenvalue weighted by Crippen LogP contribution is -2.25. The molecule has 2 N–H and O–H groups in total. The summed E-state index contributed by atoms with van der Waals surface area (Å²) in [6.07, 6.45) is 38.6. The van der Waals surface area contributed by atoms with Crippen LogP contribution in [0.15, 0.2) is 48.6 Å². The van der Waals surface area contributed by atoms with Crippen LogP contribution in [-0.4, -0.2) is 47.6 Å². The van der Waals surface area contributed by atoms with Gasteiger partial charge in [-0.15, -0.1) is 0 Å². The topological polar surface area (TPSA) is 93.1 Å². The molecule has 0 aliphatic carbocycles. The summed E-state index contributed by atoms with van der Waals surface area (Å²) >= 11 is 0. The Balaban J connectivity index is 3.57. The van der Waals surface area contributed by atoms with Crippen molar-refractivity contribution in [3.8, 4) is 0 Å². The lowest BCUT2D eigenvalue weighted by atomic mass is 10.0. The van der Waals surface area contributed by atoms with Gasteiger partial charge in [-0.05, 0) is 64.7 Å². The number of aliphatic hydroxyl groups is 2. The van der Waals surface area contributed by atoms with E-state index in [1.807, 2.05) is 6.92 Å². The third kappa shape index (κ3) is 34.3. The molecule has 0 rings (SSSR count). The Morgan fingerprint density at radius 1 is 0.545 bits per heavy atom. The number of ether oxygens (including phenoxy) is 2. The summed E-state index contributed by atoms with van der Waals surface area (Å²) in [4.78, 5) is 23.8. The molecule has 0 saturated heterocycles. The highest BCUT2D eigenvalue weighted by Crippen LogP contribution is 2.13. The van der Waals surface area contributed by atoms with E-state index in [4.69, 9.17) is 9.47 Å². The highest BCUT2D eigenvalue weighted by Gasteiger charge is 2.12. The summed E-state index contributed by atoms with van der Waals surface area (Å²) in [5.41, 5.74) is 0. The molecule has 0 radical (unpaired) electrons. The van der Waals surface area contributed by atoms with E-state index in [1.165, 1.54) is 57.8 Å². The van der Waals surface area contributed by atoms with Crippen molar-refractivity contribution < 1.29 is 29.3 Å². The van der Waals surface area contributed by atoms with Gasteiger partial charge in [-0.2, -0.15) is 0 Å². The van der Waals surface area contributed by atoms with Gasteiger partial charge in [0, 0.05) is 12.8 Å². The largest absolute Gasteiger partial charge is 0.463 e. The monoisotopic (exact) mass is 618 g/mol. The van der Waals surface area contributed by atoms with Gasteiger partial charge in [0.05, 0.1) is 6.10 Å². The number of hydrogen-bond donors (Lipinski definition) is 2. The molecule has 0 aliphatic heterocycles. The molecule has 0 aromatic rings. The number of carbonyl (C=O) groups excluding carboxylic acids is 2. The molecular formula is C38H66O6. The third-order valence-electron chi connectivity index (χ3n) is 7.34. The minimum absolute atomic E-state index is 0.140. The van der Waals surface area contributed by atoms with Crippen molar-refractivity contribution in [2.45, 2.75) is 167 Å². The second-order valence-corrected chi connectivity index (χ2v) is 11.9. The first-order valence-electron chi connectivity index (χ1n) is 17.7. The first-order chi connectivity index (χ1) is 21.5. The number of hydrogen-bond acceptors (Lipinski definition) is 6. The molecule has 6 nitrogen and oxygen atoms in total. The molecule has 254 valence electrons. The molecule has 0 amide bonds. The summed E-state index contributed by atoms with van der Waals surface area (Å²) in [6, 6.07) is 0. The Bertz CT molecular complexity index is 767. The maximum absolute atomic E-state index is 11.9. The molecule has 0 aliphatic rings. The fourth-order valence-corrected chi connectivity index (χ4v) is 4.63. The first kappa shape index (κ1) is 41.8.